The van der Waals surface area contributed by atoms with Crippen LogP contribution in [0.1, 0.15) is 0 Å². The summed E-state index contributed by atoms with van der Waals surface area (Å²) in [5.74, 6) is -0.523. The van der Waals surface area contributed by atoms with Crippen molar-refractivity contribution < 1.29 is 17.6 Å². The zero-order chi connectivity index (χ0) is 21.3. The van der Waals surface area contributed by atoms with Crippen molar-refractivity contribution >= 4 is 38.7 Å². The molecule has 1 aromatic carbocycles. The molecule has 0 N–H and O–H groups in total. The fourth-order valence-corrected chi connectivity index (χ4v) is 5.55. The molecule has 1 fully saturated rings. The Bertz CT molecular complexity index is 1190. The molecular formula is C18H19FN6O3S2. The van der Waals surface area contributed by atoms with Gasteiger partial charge in [0.2, 0.25) is 15.9 Å². The summed E-state index contributed by atoms with van der Waals surface area (Å²) in [6, 6.07) is 4.94. The smallest absolute Gasteiger partial charge is 0.243 e. The number of rotatable bonds is 5. The molecule has 3 aromatic rings. The van der Waals surface area contributed by atoms with Crippen LogP contribution in [0.15, 0.2) is 46.7 Å². The second-order valence-corrected chi connectivity index (χ2v) is 9.62. The highest BCUT2D eigenvalue weighted by atomic mass is 32.2. The lowest BCUT2D eigenvalue weighted by molar-refractivity contribution is -0.129. The molecule has 0 radical (unpaired) electrons. The van der Waals surface area contributed by atoms with Gasteiger partial charge in [-0.25, -0.2) is 22.8 Å². The summed E-state index contributed by atoms with van der Waals surface area (Å²) in [6.45, 7) is 0.880. The maximum absolute atomic E-state index is 13.4. The number of amides is 1. The first-order valence-corrected chi connectivity index (χ1v) is 11.6. The summed E-state index contributed by atoms with van der Waals surface area (Å²) >= 11 is 1.30. The molecule has 1 amide bonds. The van der Waals surface area contributed by atoms with E-state index in [2.05, 4.69) is 15.1 Å². The molecule has 1 aliphatic rings. The van der Waals surface area contributed by atoms with Gasteiger partial charge in [0, 0.05) is 33.2 Å². The van der Waals surface area contributed by atoms with Gasteiger partial charge in [-0.05, 0) is 18.2 Å². The van der Waals surface area contributed by atoms with Crippen molar-refractivity contribution in [2.75, 3.05) is 31.9 Å². The van der Waals surface area contributed by atoms with Crippen LogP contribution in [0.25, 0.3) is 11.0 Å². The Labute approximate surface area is 176 Å². The van der Waals surface area contributed by atoms with Crippen molar-refractivity contribution in [2.24, 2.45) is 7.05 Å². The van der Waals surface area contributed by atoms with Crippen LogP contribution in [0, 0.1) is 5.82 Å². The van der Waals surface area contributed by atoms with Gasteiger partial charge in [-0.3, -0.25) is 9.48 Å². The Morgan fingerprint density at radius 3 is 2.70 bits per heavy atom. The van der Waals surface area contributed by atoms with Gasteiger partial charge in [0.1, 0.15) is 17.2 Å². The molecule has 9 nitrogen and oxygen atoms in total. The fraction of sp³-hybridized carbons (Fsp3) is 0.333. The topological polar surface area (TPSA) is 101 Å². The number of carbonyl (C=O) groups is 1. The lowest BCUT2D eigenvalue weighted by Crippen LogP contribution is -2.50. The number of sulfonamides is 1. The summed E-state index contributed by atoms with van der Waals surface area (Å²) in [5.41, 5.74) is 0.691. The van der Waals surface area contributed by atoms with E-state index in [1.54, 1.807) is 22.8 Å². The van der Waals surface area contributed by atoms with Crippen LogP contribution in [-0.4, -0.2) is 75.2 Å². The highest BCUT2D eigenvalue weighted by Crippen LogP contribution is 2.24. The third kappa shape index (κ3) is 4.02. The van der Waals surface area contributed by atoms with Crippen LogP contribution in [0.3, 0.4) is 0 Å². The van der Waals surface area contributed by atoms with Crippen LogP contribution in [0.5, 0.6) is 0 Å². The first-order valence-electron chi connectivity index (χ1n) is 9.15. The zero-order valence-corrected chi connectivity index (χ0v) is 17.7. The first-order chi connectivity index (χ1) is 14.4. The van der Waals surface area contributed by atoms with Crippen LogP contribution in [-0.2, 0) is 21.9 Å². The van der Waals surface area contributed by atoms with Crippen LogP contribution >= 0.6 is 11.8 Å². The Kier molecular flexibility index (Phi) is 5.71. The summed E-state index contributed by atoms with van der Waals surface area (Å²) in [4.78, 5) is 22.6. The van der Waals surface area contributed by atoms with E-state index in [0.29, 0.717) is 10.7 Å². The van der Waals surface area contributed by atoms with Crippen LogP contribution < -0.4 is 0 Å². The lowest BCUT2D eigenvalue weighted by Gasteiger charge is -2.34. The molecule has 0 bridgehead atoms. The van der Waals surface area contributed by atoms with Gasteiger partial charge in [0.25, 0.3) is 0 Å². The molecule has 3 heterocycles. The minimum Gasteiger partial charge on any atom is -0.339 e. The predicted octanol–water partition coefficient (Wildman–Crippen LogP) is 1.13. The second kappa shape index (κ2) is 8.28. The molecule has 1 aliphatic heterocycles. The maximum atomic E-state index is 13.4. The van der Waals surface area contributed by atoms with Crippen molar-refractivity contribution in [2.45, 2.75) is 9.92 Å². The fourth-order valence-electron chi connectivity index (χ4n) is 3.23. The van der Waals surface area contributed by atoms with Crippen LogP contribution in [0.2, 0.25) is 0 Å². The van der Waals surface area contributed by atoms with Crippen LogP contribution in [0.4, 0.5) is 4.39 Å². The average Bonchev–Trinajstić information content (AvgIpc) is 3.13. The zero-order valence-electron chi connectivity index (χ0n) is 16.1. The molecule has 0 aliphatic carbocycles. The Balaban J connectivity index is 1.36. The van der Waals surface area contributed by atoms with E-state index in [4.69, 9.17) is 0 Å². The molecule has 1 saturated heterocycles. The van der Waals surface area contributed by atoms with E-state index in [-0.39, 0.29) is 42.7 Å². The minimum atomic E-state index is -3.79. The monoisotopic (exact) mass is 450 g/mol. The number of hydrogen-bond acceptors (Lipinski definition) is 7. The Morgan fingerprint density at radius 2 is 1.97 bits per heavy atom. The predicted molar refractivity (Wildman–Crippen MR) is 109 cm³/mol. The molecule has 4 rings (SSSR count). The third-order valence-corrected chi connectivity index (χ3v) is 7.74. The van der Waals surface area contributed by atoms with E-state index in [1.165, 1.54) is 40.6 Å². The first kappa shape index (κ1) is 20.7. The number of aromatic nitrogens is 4. The van der Waals surface area contributed by atoms with Crippen molar-refractivity contribution in [3.05, 3.63) is 42.6 Å². The molecule has 0 unspecified atom stereocenters. The molecule has 0 atom stereocenters. The largest absolute Gasteiger partial charge is 0.339 e. The molecule has 2 aromatic heterocycles. The van der Waals surface area contributed by atoms with E-state index in [1.807, 2.05) is 0 Å². The van der Waals surface area contributed by atoms with Crippen molar-refractivity contribution in [1.82, 2.24) is 29.0 Å². The number of benzene rings is 1. The Morgan fingerprint density at radius 1 is 1.20 bits per heavy atom. The number of carbonyl (C=O) groups excluding carboxylic acids is 1. The van der Waals surface area contributed by atoms with E-state index < -0.39 is 15.8 Å². The van der Waals surface area contributed by atoms with E-state index in [0.717, 1.165) is 11.5 Å². The SMILES string of the molecule is Cn1ncc2c(SCC(=O)N3CCN(S(=O)(=O)c4cccc(F)c4)CC3)ncnc21. The number of fused-ring (bicyclic) bond motifs is 1. The second-order valence-electron chi connectivity index (χ2n) is 6.72. The van der Waals surface area contributed by atoms with Gasteiger partial charge in [-0.2, -0.15) is 9.40 Å². The number of halogens is 1. The number of nitrogens with zero attached hydrogens (tertiary/aromatic N) is 6. The summed E-state index contributed by atoms with van der Waals surface area (Å²) < 4.78 is 41.7. The standard InChI is InChI=1S/C18H19FN6O3S2/c1-23-17-15(10-22-23)18(21-12-20-17)29-11-16(26)24-5-7-25(8-6-24)30(27,28)14-4-2-3-13(19)9-14/h2-4,9-10,12H,5-8,11H2,1H3. The number of piperazine rings is 1. The average molecular weight is 451 g/mol. The third-order valence-electron chi connectivity index (χ3n) is 4.85. The maximum Gasteiger partial charge on any atom is 0.243 e. The van der Waals surface area contributed by atoms with E-state index in [9.17, 15) is 17.6 Å². The summed E-state index contributed by atoms with van der Waals surface area (Å²) in [6.07, 6.45) is 3.10. The van der Waals surface area contributed by atoms with Gasteiger partial charge in [-0.15, -0.1) is 0 Å². The van der Waals surface area contributed by atoms with Gasteiger partial charge >= 0.3 is 0 Å². The van der Waals surface area contributed by atoms with Gasteiger partial charge in [0.15, 0.2) is 5.65 Å². The summed E-state index contributed by atoms with van der Waals surface area (Å²) in [5, 5.41) is 5.61. The Hall–Kier alpha value is -2.57. The number of thioether (sulfide) groups is 1. The molecule has 0 spiro atoms. The highest BCUT2D eigenvalue weighted by molar-refractivity contribution is 8.00. The van der Waals surface area contributed by atoms with Gasteiger partial charge in [0.05, 0.1) is 22.2 Å². The quantitative estimate of drug-likeness (QED) is 0.424. The summed E-state index contributed by atoms with van der Waals surface area (Å²) in [7, 11) is -2.00. The minimum absolute atomic E-state index is 0.0814. The van der Waals surface area contributed by atoms with E-state index >= 15 is 0 Å². The van der Waals surface area contributed by atoms with Gasteiger partial charge < -0.3 is 4.90 Å². The normalized spacial score (nSPS) is 15.6. The highest BCUT2D eigenvalue weighted by Gasteiger charge is 2.30. The van der Waals surface area contributed by atoms with Crippen molar-refractivity contribution in [3.63, 3.8) is 0 Å². The molecular weight excluding hydrogens is 431 g/mol. The lowest BCUT2D eigenvalue weighted by atomic mass is 10.3. The molecule has 0 saturated carbocycles. The molecule has 158 valence electrons. The van der Waals surface area contributed by atoms with Gasteiger partial charge in [-0.1, -0.05) is 17.8 Å². The molecule has 30 heavy (non-hydrogen) atoms. The number of aryl methyl sites for hydroxylation is 1. The number of hydrogen-bond donors (Lipinski definition) is 0. The van der Waals surface area contributed by atoms with Crippen molar-refractivity contribution in [1.29, 1.82) is 0 Å². The molecule has 12 heteroatoms. The van der Waals surface area contributed by atoms with Crippen molar-refractivity contribution in [3.8, 4) is 0 Å².